The quantitative estimate of drug-likeness (QED) is 0.618. The number of halogens is 1. The van der Waals surface area contributed by atoms with Crippen LogP contribution in [0.1, 0.15) is 19.3 Å². The molecule has 0 N–H and O–H groups in total. The number of pyridine rings is 2. The third-order valence-electron chi connectivity index (χ3n) is 6.22. The van der Waals surface area contributed by atoms with Gasteiger partial charge >= 0.3 is 0 Å². The standard InChI is InChI=1S/C21H23ClN6/c1-27-9-4-21(14-27)5-10-28(11-6-21)20-16-12-18(22)24-13-17(16)25-19(26-20)15-2-7-23-8-3-15/h2-3,7-8,12-13H,4-6,9-11,14H2,1H3. The first kappa shape index (κ1) is 17.8. The van der Waals surface area contributed by atoms with Gasteiger partial charge in [-0.3, -0.25) is 4.98 Å². The van der Waals surface area contributed by atoms with E-state index >= 15 is 0 Å². The summed E-state index contributed by atoms with van der Waals surface area (Å²) in [5.74, 6) is 1.66. The van der Waals surface area contributed by atoms with Crippen molar-refractivity contribution in [2.24, 2.45) is 5.41 Å². The van der Waals surface area contributed by atoms with Crippen LogP contribution in [0.2, 0.25) is 5.15 Å². The van der Waals surface area contributed by atoms with E-state index in [1.165, 1.54) is 32.4 Å². The van der Waals surface area contributed by atoms with Gasteiger partial charge in [0.25, 0.3) is 0 Å². The fourth-order valence-corrected chi connectivity index (χ4v) is 4.78. The summed E-state index contributed by atoms with van der Waals surface area (Å²) in [6.07, 6.45) is 8.98. The summed E-state index contributed by atoms with van der Waals surface area (Å²) in [7, 11) is 2.23. The van der Waals surface area contributed by atoms with Crippen LogP contribution in [-0.4, -0.2) is 58.1 Å². The van der Waals surface area contributed by atoms with Crippen LogP contribution in [0.15, 0.2) is 36.8 Å². The minimum Gasteiger partial charge on any atom is -0.356 e. The molecule has 28 heavy (non-hydrogen) atoms. The van der Waals surface area contributed by atoms with E-state index in [4.69, 9.17) is 21.6 Å². The Kier molecular flexibility index (Phi) is 4.40. The Morgan fingerprint density at radius 1 is 1.04 bits per heavy atom. The molecule has 2 fully saturated rings. The van der Waals surface area contributed by atoms with E-state index in [-0.39, 0.29) is 0 Å². The molecule has 0 radical (unpaired) electrons. The van der Waals surface area contributed by atoms with Crippen LogP contribution in [0.5, 0.6) is 0 Å². The van der Waals surface area contributed by atoms with E-state index in [1.54, 1.807) is 18.6 Å². The lowest BCUT2D eigenvalue weighted by molar-refractivity contribution is 0.222. The van der Waals surface area contributed by atoms with E-state index in [0.717, 1.165) is 35.4 Å². The molecule has 0 bridgehead atoms. The van der Waals surface area contributed by atoms with Crippen LogP contribution >= 0.6 is 11.6 Å². The number of piperidine rings is 1. The van der Waals surface area contributed by atoms with Crippen molar-refractivity contribution in [1.82, 2.24) is 24.8 Å². The lowest BCUT2D eigenvalue weighted by Gasteiger charge is -2.40. The van der Waals surface area contributed by atoms with Gasteiger partial charge in [0.2, 0.25) is 0 Å². The highest BCUT2D eigenvalue weighted by Crippen LogP contribution is 2.41. The van der Waals surface area contributed by atoms with Gasteiger partial charge in [-0.05, 0) is 56.5 Å². The zero-order chi connectivity index (χ0) is 19.1. The van der Waals surface area contributed by atoms with Crippen LogP contribution in [-0.2, 0) is 0 Å². The highest BCUT2D eigenvalue weighted by atomic mass is 35.5. The van der Waals surface area contributed by atoms with E-state index in [0.29, 0.717) is 16.4 Å². The maximum absolute atomic E-state index is 6.20. The fourth-order valence-electron chi connectivity index (χ4n) is 4.62. The van der Waals surface area contributed by atoms with Crippen LogP contribution in [0.4, 0.5) is 5.82 Å². The molecule has 0 amide bonds. The molecule has 3 aromatic rings. The van der Waals surface area contributed by atoms with Gasteiger partial charge in [0.15, 0.2) is 5.82 Å². The molecule has 1 spiro atoms. The van der Waals surface area contributed by atoms with Gasteiger partial charge < -0.3 is 9.80 Å². The molecule has 0 unspecified atom stereocenters. The highest BCUT2D eigenvalue weighted by molar-refractivity contribution is 6.30. The molecule has 3 aromatic heterocycles. The van der Waals surface area contributed by atoms with Gasteiger partial charge in [-0.25, -0.2) is 15.0 Å². The van der Waals surface area contributed by atoms with E-state index < -0.39 is 0 Å². The van der Waals surface area contributed by atoms with Gasteiger partial charge in [-0.2, -0.15) is 0 Å². The smallest absolute Gasteiger partial charge is 0.162 e. The monoisotopic (exact) mass is 394 g/mol. The molecule has 2 aliphatic heterocycles. The number of fused-ring (bicyclic) bond motifs is 1. The van der Waals surface area contributed by atoms with Crippen LogP contribution < -0.4 is 4.90 Å². The molecular weight excluding hydrogens is 372 g/mol. The average Bonchev–Trinajstić information content (AvgIpc) is 3.08. The number of likely N-dealkylation sites (tertiary alicyclic amines) is 1. The first-order chi connectivity index (χ1) is 13.6. The number of anilines is 1. The molecule has 5 rings (SSSR count). The van der Waals surface area contributed by atoms with E-state index in [1.807, 2.05) is 18.2 Å². The molecular formula is C21H23ClN6. The van der Waals surface area contributed by atoms with Crippen molar-refractivity contribution in [1.29, 1.82) is 0 Å². The Morgan fingerprint density at radius 2 is 1.79 bits per heavy atom. The van der Waals surface area contributed by atoms with Crippen molar-refractivity contribution in [3.63, 3.8) is 0 Å². The predicted molar refractivity (Wildman–Crippen MR) is 112 cm³/mol. The van der Waals surface area contributed by atoms with Crippen molar-refractivity contribution in [3.8, 4) is 11.4 Å². The molecule has 2 aliphatic rings. The topological polar surface area (TPSA) is 58.0 Å². The van der Waals surface area contributed by atoms with Crippen LogP contribution in [0.25, 0.3) is 22.3 Å². The van der Waals surface area contributed by atoms with Crippen molar-refractivity contribution in [2.45, 2.75) is 19.3 Å². The first-order valence-electron chi connectivity index (χ1n) is 9.79. The number of nitrogens with zero attached hydrogens (tertiary/aromatic N) is 6. The predicted octanol–water partition coefficient (Wildman–Crippen LogP) is 3.66. The summed E-state index contributed by atoms with van der Waals surface area (Å²) < 4.78 is 0. The largest absolute Gasteiger partial charge is 0.356 e. The van der Waals surface area contributed by atoms with Gasteiger partial charge in [-0.15, -0.1) is 0 Å². The minimum absolute atomic E-state index is 0.472. The molecule has 6 nitrogen and oxygen atoms in total. The molecule has 0 atom stereocenters. The molecule has 7 heteroatoms. The highest BCUT2D eigenvalue weighted by Gasteiger charge is 2.39. The molecule has 0 saturated carbocycles. The second-order valence-electron chi connectivity index (χ2n) is 8.11. The zero-order valence-corrected chi connectivity index (χ0v) is 16.7. The van der Waals surface area contributed by atoms with Crippen molar-refractivity contribution >= 4 is 28.3 Å². The molecule has 144 valence electrons. The summed E-state index contributed by atoms with van der Waals surface area (Å²) in [5, 5.41) is 1.44. The van der Waals surface area contributed by atoms with Gasteiger partial charge in [0, 0.05) is 43.0 Å². The molecule has 2 saturated heterocycles. The molecule has 5 heterocycles. The van der Waals surface area contributed by atoms with E-state index in [2.05, 4.69) is 26.8 Å². The lowest BCUT2D eigenvalue weighted by atomic mass is 9.78. The van der Waals surface area contributed by atoms with Gasteiger partial charge in [0.05, 0.1) is 11.7 Å². The Labute approximate surface area is 169 Å². The maximum Gasteiger partial charge on any atom is 0.162 e. The molecule has 0 aliphatic carbocycles. The third kappa shape index (κ3) is 3.20. The fraction of sp³-hybridized carbons (Fsp3) is 0.429. The van der Waals surface area contributed by atoms with Crippen molar-refractivity contribution in [3.05, 3.63) is 41.9 Å². The maximum atomic E-state index is 6.20. The second-order valence-corrected chi connectivity index (χ2v) is 8.49. The van der Waals surface area contributed by atoms with Gasteiger partial charge in [-0.1, -0.05) is 11.6 Å². The Balaban J connectivity index is 1.53. The summed E-state index contributed by atoms with van der Waals surface area (Å²) >= 11 is 6.20. The minimum atomic E-state index is 0.472. The normalized spacial score (nSPS) is 19.6. The lowest BCUT2D eigenvalue weighted by Crippen LogP contribution is -2.41. The van der Waals surface area contributed by atoms with Crippen LogP contribution in [0, 0.1) is 5.41 Å². The van der Waals surface area contributed by atoms with Crippen LogP contribution in [0.3, 0.4) is 0 Å². The average molecular weight is 395 g/mol. The van der Waals surface area contributed by atoms with Crippen molar-refractivity contribution in [2.75, 3.05) is 38.1 Å². The SMILES string of the molecule is CN1CCC2(CCN(c3nc(-c4ccncc4)nc4cnc(Cl)cc34)CC2)C1. The summed E-state index contributed by atoms with van der Waals surface area (Å²) in [6, 6.07) is 5.76. The molecule has 0 aromatic carbocycles. The van der Waals surface area contributed by atoms with E-state index in [9.17, 15) is 0 Å². The second kappa shape index (κ2) is 6.94. The first-order valence-corrected chi connectivity index (χ1v) is 10.2. The Hall–Kier alpha value is -2.31. The Bertz CT molecular complexity index is 1000. The number of hydrogen-bond donors (Lipinski definition) is 0. The third-order valence-corrected chi connectivity index (χ3v) is 6.43. The summed E-state index contributed by atoms with van der Waals surface area (Å²) in [6.45, 7) is 4.44. The Morgan fingerprint density at radius 3 is 2.50 bits per heavy atom. The zero-order valence-electron chi connectivity index (χ0n) is 16.0. The summed E-state index contributed by atoms with van der Waals surface area (Å²) in [4.78, 5) is 22.9. The number of rotatable bonds is 2. The number of aromatic nitrogens is 4. The number of hydrogen-bond acceptors (Lipinski definition) is 6. The van der Waals surface area contributed by atoms with Gasteiger partial charge in [0.1, 0.15) is 11.0 Å². The van der Waals surface area contributed by atoms with Crippen molar-refractivity contribution < 1.29 is 0 Å². The summed E-state index contributed by atoms with van der Waals surface area (Å²) in [5.41, 5.74) is 2.25.